The van der Waals surface area contributed by atoms with Crippen LogP contribution in [0.2, 0.25) is 0 Å². The molecule has 0 aromatic heterocycles. The minimum atomic E-state index is 0. The predicted molar refractivity (Wildman–Crippen MR) is 42.4 cm³/mol. The first-order valence-electron chi connectivity index (χ1n) is 2.35. The third-order valence-corrected chi connectivity index (χ3v) is 0. The Kier molecular flexibility index (Phi) is 2070. The van der Waals surface area contributed by atoms with E-state index in [1.54, 1.807) is 0 Å². The smallest absolute Gasteiger partial charge is 0.0832 e. The fourth-order valence-corrected chi connectivity index (χ4v) is 0. The SMILES string of the molecule is C[O-].C[O-].C[O-].C[O-].C[O-].ClOCl.[V]. The summed E-state index contributed by atoms with van der Waals surface area (Å²) in [7, 11) is 3.75. The molecule has 0 atom stereocenters. The van der Waals surface area contributed by atoms with Crippen LogP contribution >= 0.6 is 23.7 Å². The Morgan fingerprint density at radius 1 is 0.571 bits per heavy atom. The van der Waals surface area contributed by atoms with Crippen LogP contribution in [0.25, 0.3) is 0 Å². The van der Waals surface area contributed by atoms with Gasteiger partial charge in [-0.1, -0.05) is 0 Å². The zero-order valence-corrected chi connectivity index (χ0v) is 11.6. The molecule has 0 aromatic carbocycles. The molecule has 0 amide bonds. The Hall–Kier alpha value is 0.924. The Labute approximate surface area is 107 Å². The first-order chi connectivity index (χ1) is 6.41. The van der Waals surface area contributed by atoms with E-state index >= 15 is 0 Å². The summed E-state index contributed by atoms with van der Waals surface area (Å²) in [5, 5.41) is 41.2. The van der Waals surface area contributed by atoms with Gasteiger partial charge in [-0.3, -0.25) is 0 Å². The second kappa shape index (κ2) is 628. The zero-order chi connectivity index (χ0) is 12.7. The maximum atomic E-state index is 8.25. The van der Waals surface area contributed by atoms with E-state index in [4.69, 9.17) is 25.5 Å². The second-order valence-electron chi connectivity index (χ2n) is 0.0583. The maximum absolute atomic E-state index is 8.25. The van der Waals surface area contributed by atoms with Gasteiger partial charge in [0.25, 0.3) is 0 Å². The van der Waals surface area contributed by atoms with Crippen LogP contribution in [0.1, 0.15) is 0 Å². The molecule has 0 fully saturated rings. The molecular weight excluding hydrogens is 278 g/mol. The summed E-state index contributed by atoms with van der Waals surface area (Å²) in [5.41, 5.74) is 0. The number of hydrogen-bond acceptors (Lipinski definition) is 6. The van der Waals surface area contributed by atoms with E-state index in [1.165, 1.54) is 0 Å². The number of rotatable bonds is 0. The van der Waals surface area contributed by atoms with Gasteiger partial charge in [-0.15, -0.1) is 0 Å². The summed E-state index contributed by atoms with van der Waals surface area (Å²) in [4.78, 5) is 0. The summed E-state index contributed by atoms with van der Waals surface area (Å²) in [6.07, 6.45) is 0. The molecule has 95 valence electrons. The van der Waals surface area contributed by atoms with Crippen LogP contribution in [0.4, 0.5) is 0 Å². The Balaban J connectivity index is -0.00000000838. The Morgan fingerprint density at radius 2 is 0.571 bits per heavy atom. The van der Waals surface area contributed by atoms with Crippen LogP contribution in [-0.2, 0) is 22.4 Å². The average Bonchev–Trinajstić information content (AvgIpc) is 2.32. The molecule has 0 aliphatic rings. The Morgan fingerprint density at radius 3 is 0.571 bits per heavy atom. The molecule has 0 saturated carbocycles. The molecule has 0 unspecified atom stereocenters. The molecule has 0 saturated heterocycles. The van der Waals surface area contributed by atoms with Gasteiger partial charge in [-0.05, 0) is 0 Å². The number of hydrogen-bond donors (Lipinski definition) is 0. The van der Waals surface area contributed by atoms with Gasteiger partial charge in [0, 0.05) is 18.6 Å². The van der Waals surface area contributed by atoms with E-state index in [-0.39, 0.29) is 18.6 Å². The largest absolute Gasteiger partial charge is 0.857 e. The molecule has 0 spiro atoms. The minimum Gasteiger partial charge on any atom is -0.857 e. The molecule has 0 bridgehead atoms. The summed E-state index contributed by atoms with van der Waals surface area (Å²) in [6.45, 7) is 0. The first-order valence-corrected chi connectivity index (χ1v) is 2.97. The van der Waals surface area contributed by atoms with Crippen molar-refractivity contribution in [2.45, 2.75) is 0 Å². The standard InChI is InChI=1S/5CH3O.Cl2O.V/c5*1-2;1-3-2;/h5*1H3;;/q5*-1;;. The second-order valence-corrected chi connectivity index (χ2v) is 0.525. The molecule has 6 nitrogen and oxygen atoms in total. The van der Waals surface area contributed by atoms with Gasteiger partial charge in [0.05, 0.1) is 23.7 Å². The van der Waals surface area contributed by atoms with Crippen molar-refractivity contribution in [2.75, 3.05) is 35.5 Å². The van der Waals surface area contributed by atoms with Gasteiger partial charge in [0.1, 0.15) is 0 Å². The predicted octanol–water partition coefficient (Wildman–Crippen LogP) is -3.81. The van der Waals surface area contributed by atoms with Crippen LogP contribution in [0.15, 0.2) is 0 Å². The van der Waals surface area contributed by atoms with Gasteiger partial charge < -0.3 is 25.5 Å². The maximum Gasteiger partial charge on any atom is 0.0832 e. The van der Waals surface area contributed by atoms with E-state index in [1.807, 2.05) is 0 Å². The van der Waals surface area contributed by atoms with Crippen molar-refractivity contribution < 1.29 is 47.9 Å². The average molecular weight is 293 g/mol. The Bertz CT molecular complexity index is 24.2. The van der Waals surface area contributed by atoms with E-state index < -0.39 is 0 Å². The van der Waals surface area contributed by atoms with Crippen LogP contribution in [0, 0.1) is 0 Å². The zero-order valence-electron chi connectivity index (χ0n) is 8.65. The van der Waals surface area contributed by atoms with Crippen LogP contribution in [0.5, 0.6) is 0 Å². The van der Waals surface area contributed by atoms with Gasteiger partial charge >= 0.3 is 0 Å². The fraction of sp³-hybridized carbons (Fsp3) is 1.00. The molecule has 0 heterocycles. The molecule has 0 aromatic rings. The molecule has 0 aliphatic carbocycles. The van der Waals surface area contributed by atoms with Crippen molar-refractivity contribution in [2.24, 2.45) is 0 Å². The van der Waals surface area contributed by atoms with Crippen LogP contribution < -0.4 is 25.5 Å². The number of halogens is 2. The van der Waals surface area contributed by atoms with Crippen molar-refractivity contribution in [1.29, 1.82) is 0 Å². The molecule has 14 heavy (non-hydrogen) atoms. The summed E-state index contributed by atoms with van der Waals surface area (Å²) in [6, 6.07) is 0. The van der Waals surface area contributed by atoms with E-state index in [0.717, 1.165) is 35.5 Å². The van der Waals surface area contributed by atoms with Gasteiger partial charge in [0.15, 0.2) is 0 Å². The van der Waals surface area contributed by atoms with E-state index in [2.05, 4.69) is 27.6 Å². The molecule has 0 N–H and O–H groups in total. The molecule has 1 radical (unpaired) electrons. The summed E-state index contributed by atoms with van der Waals surface area (Å²) in [5.74, 6) is 0. The fourth-order valence-electron chi connectivity index (χ4n) is 0. The monoisotopic (exact) mass is 292 g/mol. The van der Waals surface area contributed by atoms with E-state index in [0.29, 0.717) is 0 Å². The normalized spacial score (nSPS) is 3.43. The summed E-state index contributed by atoms with van der Waals surface area (Å²) >= 11 is 8.53. The van der Waals surface area contributed by atoms with Crippen molar-refractivity contribution in [3.05, 3.63) is 0 Å². The molecular formula is C5H15Cl2O6V-5. The van der Waals surface area contributed by atoms with Crippen molar-refractivity contribution in [3.63, 3.8) is 0 Å². The topological polar surface area (TPSA) is 125 Å². The minimum absolute atomic E-state index is 0. The van der Waals surface area contributed by atoms with Gasteiger partial charge in [-0.25, -0.2) is 0 Å². The molecule has 9 heteroatoms. The van der Waals surface area contributed by atoms with Crippen LogP contribution in [-0.4, -0.2) is 35.5 Å². The van der Waals surface area contributed by atoms with Crippen LogP contribution in [0.3, 0.4) is 0 Å². The first kappa shape index (κ1) is 46.1. The summed E-state index contributed by atoms with van der Waals surface area (Å²) < 4.78 is 3.19. The van der Waals surface area contributed by atoms with Crippen molar-refractivity contribution in [1.82, 2.24) is 0 Å². The molecule has 0 rings (SSSR count). The quantitative estimate of drug-likeness (QED) is 0.451. The van der Waals surface area contributed by atoms with E-state index in [9.17, 15) is 0 Å². The molecule has 0 aliphatic heterocycles. The van der Waals surface area contributed by atoms with Crippen molar-refractivity contribution >= 4 is 23.7 Å². The van der Waals surface area contributed by atoms with Gasteiger partial charge in [-0.2, -0.15) is 39.4 Å². The third-order valence-electron chi connectivity index (χ3n) is 0. The third kappa shape index (κ3) is 2150. The van der Waals surface area contributed by atoms with Gasteiger partial charge in [0.2, 0.25) is 0 Å². The van der Waals surface area contributed by atoms with Crippen molar-refractivity contribution in [3.8, 4) is 0 Å².